The maximum Gasteiger partial charge on any atom is 0.268 e. The highest BCUT2D eigenvalue weighted by Crippen LogP contribution is 2.28. The van der Waals surface area contributed by atoms with Crippen LogP contribution in [0.2, 0.25) is 0 Å². The van der Waals surface area contributed by atoms with Crippen molar-refractivity contribution in [2.45, 2.75) is 57.9 Å². The smallest absolute Gasteiger partial charge is 0.268 e. The molecule has 1 aliphatic rings. The second kappa shape index (κ2) is 8.49. The molecule has 0 aliphatic carbocycles. The molecule has 2 N–H and O–H groups in total. The monoisotopic (exact) mass is 403 g/mol. The van der Waals surface area contributed by atoms with Crippen molar-refractivity contribution in [2.24, 2.45) is 0 Å². The van der Waals surface area contributed by atoms with Gasteiger partial charge in [0.05, 0.1) is 0 Å². The van der Waals surface area contributed by atoms with Gasteiger partial charge in [0.15, 0.2) is 0 Å². The molecular formula is C21H29N3O3S. The van der Waals surface area contributed by atoms with Gasteiger partial charge in [-0.3, -0.25) is 4.79 Å². The first-order valence-corrected chi connectivity index (χ1v) is 11.3. The number of nitrogens with zero attached hydrogens (tertiary/aromatic N) is 1. The van der Waals surface area contributed by atoms with Crippen LogP contribution in [0.4, 0.5) is 0 Å². The first-order chi connectivity index (χ1) is 13.3. The molecule has 0 radical (unpaired) electrons. The number of sulfonamides is 1. The third-order valence-electron chi connectivity index (χ3n) is 5.33. The van der Waals surface area contributed by atoms with Gasteiger partial charge in [0.1, 0.15) is 10.6 Å². The van der Waals surface area contributed by atoms with Gasteiger partial charge in [0, 0.05) is 25.3 Å². The Morgan fingerprint density at radius 3 is 2.25 bits per heavy atom. The Bertz CT molecular complexity index is 938. The van der Waals surface area contributed by atoms with Gasteiger partial charge in [-0.25, -0.2) is 8.42 Å². The van der Waals surface area contributed by atoms with Crippen molar-refractivity contribution >= 4 is 15.9 Å². The molecule has 0 bridgehead atoms. The second-order valence-corrected chi connectivity index (χ2v) is 9.44. The molecule has 2 heterocycles. The van der Waals surface area contributed by atoms with Gasteiger partial charge in [0.2, 0.25) is 10.0 Å². The van der Waals surface area contributed by atoms with Crippen molar-refractivity contribution in [1.82, 2.24) is 14.6 Å². The summed E-state index contributed by atoms with van der Waals surface area (Å²) < 4.78 is 28.0. The third-order valence-corrected chi connectivity index (χ3v) is 7.51. The molecule has 0 unspecified atom stereocenters. The third kappa shape index (κ3) is 4.31. The van der Waals surface area contributed by atoms with Gasteiger partial charge >= 0.3 is 0 Å². The Hall–Kier alpha value is -2.12. The Balaban J connectivity index is 1.80. The number of carbonyl (C=O) groups is 1. The van der Waals surface area contributed by atoms with E-state index in [4.69, 9.17) is 0 Å². The minimum atomic E-state index is -3.61. The van der Waals surface area contributed by atoms with Gasteiger partial charge in [0.25, 0.3) is 5.91 Å². The SMILES string of the molecule is Cc1ccc(CNC(=O)c2[nH]c(C)c(S(=O)(=O)N3CCCCCC3)c2C)cc1. The summed E-state index contributed by atoms with van der Waals surface area (Å²) in [5.41, 5.74) is 3.48. The lowest BCUT2D eigenvalue weighted by atomic mass is 10.1. The fraction of sp³-hybridized carbons (Fsp3) is 0.476. The summed E-state index contributed by atoms with van der Waals surface area (Å²) in [5, 5.41) is 2.88. The summed E-state index contributed by atoms with van der Waals surface area (Å²) in [5.74, 6) is -0.293. The molecular weight excluding hydrogens is 374 g/mol. The number of hydrogen-bond acceptors (Lipinski definition) is 3. The van der Waals surface area contributed by atoms with Crippen molar-refractivity contribution in [2.75, 3.05) is 13.1 Å². The van der Waals surface area contributed by atoms with Crippen LogP contribution in [0.3, 0.4) is 0 Å². The van der Waals surface area contributed by atoms with E-state index in [0.717, 1.165) is 36.8 Å². The summed E-state index contributed by atoms with van der Waals surface area (Å²) in [6, 6.07) is 7.93. The second-order valence-electron chi connectivity index (χ2n) is 7.57. The summed E-state index contributed by atoms with van der Waals surface area (Å²) in [7, 11) is -3.61. The van der Waals surface area contributed by atoms with Crippen LogP contribution in [0.15, 0.2) is 29.2 Å². The summed E-state index contributed by atoms with van der Waals surface area (Å²) >= 11 is 0. The van der Waals surface area contributed by atoms with Crippen LogP contribution in [0, 0.1) is 20.8 Å². The minimum absolute atomic E-state index is 0.245. The zero-order valence-corrected chi connectivity index (χ0v) is 17.7. The number of nitrogens with one attached hydrogen (secondary N) is 2. The van der Waals surface area contributed by atoms with Gasteiger partial charge in [-0.2, -0.15) is 4.31 Å². The zero-order chi connectivity index (χ0) is 20.3. The largest absolute Gasteiger partial charge is 0.353 e. The van der Waals surface area contributed by atoms with Crippen molar-refractivity contribution in [3.8, 4) is 0 Å². The van der Waals surface area contributed by atoms with Gasteiger partial charge in [-0.1, -0.05) is 42.7 Å². The van der Waals surface area contributed by atoms with Crippen LogP contribution >= 0.6 is 0 Å². The highest BCUT2D eigenvalue weighted by atomic mass is 32.2. The van der Waals surface area contributed by atoms with Crippen molar-refractivity contribution in [1.29, 1.82) is 0 Å². The molecule has 1 aromatic heterocycles. The predicted octanol–water partition coefficient (Wildman–Crippen LogP) is 3.43. The molecule has 2 aromatic rings. The lowest BCUT2D eigenvalue weighted by Gasteiger charge is -2.20. The average Bonchev–Trinajstić information content (AvgIpc) is 2.84. The van der Waals surface area contributed by atoms with E-state index in [1.807, 2.05) is 31.2 Å². The normalized spacial score (nSPS) is 16.0. The van der Waals surface area contributed by atoms with E-state index in [1.54, 1.807) is 18.2 Å². The maximum absolute atomic E-state index is 13.2. The van der Waals surface area contributed by atoms with Crippen molar-refractivity contribution in [3.63, 3.8) is 0 Å². The topological polar surface area (TPSA) is 82.3 Å². The highest BCUT2D eigenvalue weighted by Gasteiger charge is 2.31. The first kappa shape index (κ1) is 20.6. The minimum Gasteiger partial charge on any atom is -0.353 e. The molecule has 0 saturated carbocycles. The van der Waals surface area contributed by atoms with Crippen LogP contribution in [0.25, 0.3) is 0 Å². The molecule has 6 nitrogen and oxygen atoms in total. The Morgan fingerprint density at radius 1 is 1.04 bits per heavy atom. The zero-order valence-electron chi connectivity index (χ0n) is 16.8. The predicted molar refractivity (Wildman–Crippen MR) is 110 cm³/mol. The number of carbonyl (C=O) groups excluding carboxylic acids is 1. The van der Waals surface area contributed by atoms with Gasteiger partial charge in [-0.15, -0.1) is 0 Å². The molecule has 0 atom stereocenters. The summed E-state index contributed by atoms with van der Waals surface area (Å²) in [6.45, 7) is 6.91. The van der Waals surface area contributed by atoms with E-state index < -0.39 is 10.0 Å². The molecule has 1 saturated heterocycles. The van der Waals surface area contributed by atoms with Gasteiger partial charge < -0.3 is 10.3 Å². The molecule has 1 fully saturated rings. The number of H-pyrrole nitrogens is 1. The Labute approximate surface area is 167 Å². The summed E-state index contributed by atoms with van der Waals surface area (Å²) in [6.07, 6.45) is 3.88. The fourth-order valence-electron chi connectivity index (χ4n) is 3.73. The molecule has 3 rings (SSSR count). The maximum atomic E-state index is 13.2. The van der Waals surface area contributed by atoms with Crippen LogP contribution in [-0.2, 0) is 16.6 Å². The lowest BCUT2D eigenvalue weighted by molar-refractivity contribution is 0.0945. The van der Waals surface area contributed by atoms with Crippen LogP contribution in [0.5, 0.6) is 0 Å². The van der Waals surface area contributed by atoms with E-state index in [9.17, 15) is 13.2 Å². The van der Waals surface area contributed by atoms with Crippen LogP contribution < -0.4 is 5.32 Å². The number of aromatic nitrogens is 1. The molecule has 1 aromatic carbocycles. The molecule has 28 heavy (non-hydrogen) atoms. The summed E-state index contributed by atoms with van der Waals surface area (Å²) in [4.78, 5) is 15.9. The average molecular weight is 404 g/mol. The van der Waals surface area contributed by atoms with E-state index in [2.05, 4.69) is 10.3 Å². The van der Waals surface area contributed by atoms with Crippen LogP contribution in [0.1, 0.15) is 58.6 Å². The molecule has 0 spiro atoms. The van der Waals surface area contributed by atoms with E-state index in [-0.39, 0.29) is 10.8 Å². The number of amides is 1. The van der Waals surface area contributed by atoms with E-state index in [0.29, 0.717) is 36.6 Å². The van der Waals surface area contributed by atoms with Crippen molar-refractivity contribution < 1.29 is 13.2 Å². The fourth-order valence-corrected chi connectivity index (χ4v) is 5.66. The standard InChI is InChI=1S/C21H29N3O3S/c1-15-8-10-18(11-9-15)14-22-21(25)19-16(2)20(17(3)23-19)28(26,27)24-12-6-4-5-7-13-24/h8-11,23H,4-7,12-14H2,1-3H3,(H,22,25). The molecule has 1 amide bonds. The Kier molecular flexibility index (Phi) is 6.25. The number of aryl methyl sites for hydroxylation is 2. The number of rotatable bonds is 5. The molecule has 1 aliphatic heterocycles. The van der Waals surface area contributed by atoms with Crippen LogP contribution in [-0.4, -0.2) is 36.7 Å². The van der Waals surface area contributed by atoms with E-state index in [1.165, 1.54) is 0 Å². The Morgan fingerprint density at radius 2 is 1.64 bits per heavy atom. The number of hydrogen-bond donors (Lipinski definition) is 2. The quantitative estimate of drug-likeness (QED) is 0.802. The van der Waals surface area contributed by atoms with Gasteiger partial charge in [-0.05, 0) is 44.7 Å². The number of benzene rings is 1. The number of aromatic amines is 1. The van der Waals surface area contributed by atoms with Crippen molar-refractivity contribution in [3.05, 3.63) is 52.3 Å². The lowest BCUT2D eigenvalue weighted by Crippen LogP contribution is -2.32. The molecule has 152 valence electrons. The van der Waals surface area contributed by atoms with E-state index >= 15 is 0 Å². The first-order valence-electron chi connectivity index (χ1n) is 9.84. The molecule has 7 heteroatoms. The highest BCUT2D eigenvalue weighted by molar-refractivity contribution is 7.89.